The Morgan fingerprint density at radius 3 is 2.79 bits per heavy atom. The zero-order valence-corrected chi connectivity index (χ0v) is 13.6. The van der Waals surface area contributed by atoms with Crippen LogP contribution in [-0.2, 0) is 4.74 Å². The van der Waals surface area contributed by atoms with Crippen LogP contribution in [-0.4, -0.2) is 36.3 Å². The Balaban J connectivity index is 1.84. The minimum absolute atomic E-state index is 0.296. The minimum Gasteiger partial charge on any atom is -0.375 e. The Kier molecular flexibility index (Phi) is 6.51. The van der Waals surface area contributed by atoms with E-state index in [1.54, 1.807) is 0 Å². The van der Waals surface area contributed by atoms with Gasteiger partial charge >= 0.3 is 0 Å². The van der Waals surface area contributed by atoms with Gasteiger partial charge in [-0.3, -0.25) is 0 Å². The van der Waals surface area contributed by atoms with Gasteiger partial charge in [0.1, 0.15) is 0 Å². The predicted octanol–water partition coefficient (Wildman–Crippen LogP) is 3.85. The lowest BCUT2D eigenvalue weighted by Crippen LogP contribution is -2.51. The van der Waals surface area contributed by atoms with Crippen LogP contribution in [0.4, 0.5) is 0 Å². The van der Waals surface area contributed by atoms with Crippen molar-refractivity contribution in [2.45, 2.75) is 70.4 Å². The molecule has 1 heterocycles. The van der Waals surface area contributed by atoms with Crippen LogP contribution in [0.2, 0.25) is 0 Å². The van der Waals surface area contributed by atoms with Gasteiger partial charge in [0.05, 0.1) is 5.60 Å². The summed E-state index contributed by atoms with van der Waals surface area (Å²) in [6.07, 6.45) is 9.10. The van der Waals surface area contributed by atoms with E-state index >= 15 is 0 Å². The molecule has 2 unspecified atom stereocenters. The Labute approximate surface area is 123 Å². The SMILES string of the molecule is CCCNC(CSCCC)C1CCOC2(CCC2)C1. The monoisotopic (exact) mass is 285 g/mol. The topological polar surface area (TPSA) is 21.3 Å². The van der Waals surface area contributed by atoms with Crippen LogP contribution in [0, 0.1) is 5.92 Å². The Morgan fingerprint density at radius 1 is 1.32 bits per heavy atom. The lowest BCUT2D eigenvalue weighted by atomic mass is 9.70. The van der Waals surface area contributed by atoms with Crippen LogP contribution in [0.1, 0.15) is 58.8 Å². The summed E-state index contributed by atoms with van der Waals surface area (Å²) in [6, 6.07) is 0.706. The summed E-state index contributed by atoms with van der Waals surface area (Å²) in [5.74, 6) is 3.43. The third kappa shape index (κ3) is 4.37. The lowest BCUT2D eigenvalue weighted by Gasteiger charge is -2.49. The Bertz CT molecular complexity index is 255. The standard InChI is InChI=1S/C16H31NOS/c1-3-9-17-15(13-19-11-4-2)14-6-10-18-16(12-14)7-5-8-16/h14-15,17H,3-13H2,1-2H3. The molecule has 2 fully saturated rings. The van der Waals surface area contributed by atoms with Gasteiger partial charge in [-0.05, 0) is 63.2 Å². The zero-order chi connectivity index (χ0) is 13.6. The van der Waals surface area contributed by atoms with E-state index in [1.807, 2.05) is 0 Å². The van der Waals surface area contributed by atoms with Crippen molar-refractivity contribution in [2.24, 2.45) is 5.92 Å². The summed E-state index contributed by atoms with van der Waals surface area (Å²) in [7, 11) is 0. The molecule has 1 aliphatic heterocycles. The highest BCUT2D eigenvalue weighted by atomic mass is 32.2. The highest BCUT2D eigenvalue weighted by Gasteiger charge is 2.44. The summed E-state index contributed by atoms with van der Waals surface area (Å²) in [4.78, 5) is 0. The van der Waals surface area contributed by atoms with E-state index in [2.05, 4.69) is 30.9 Å². The molecular formula is C16H31NOS. The minimum atomic E-state index is 0.296. The third-order valence-electron chi connectivity index (χ3n) is 4.67. The van der Waals surface area contributed by atoms with Crippen LogP contribution < -0.4 is 5.32 Å². The lowest BCUT2D eigenvalue weighted by molar-refractivity contribution is -0.146. The van der Waals surface area contributed by atoms with Crippen LogP contribution >= 0.6 is 11.8 Å². The van der Waals surface area contributed by atoms with Crippen LogP contribution in [0.15, 0.2) is 0 Å². The fraction of sp³-hybridized carbons (Fsp3) is 1.00. The Hall–Kier alpha value is 0.270. The summed E-state index contributed by atoms with van der Waals surface area (Å²) >= 11 is 2.13. The third-order valence-corrected chi connectivity index (χ3v) is 5.96. The maximum absolute atomic E-state index is 6.08. The Morgan fingerprint density at radius 2 is 2.16 bits per heavy atom. The van der Waals surface area contributed by atoms with Gasteiger partial charge in [-0.1, -0.05) is 13.8 Å². The maximum atomic E-state index is 6.08. The van der Waals surface area contributed by atoms with Crippen LogP contribution in [0.25, 0.3) is 0 Å². The molecule has 3 heteroatoms. The van der Waals surface area contributed by atoms with Crippen molar-refractivity contribution >= 4 is 11.8 Å². The normalized spacial score (nSPS) is 27.2. The number of rotatable bonds is 8. The van der Waals surface area contributed by atoms with Crippen molar-refractivity contribution in [1.29, 1.82) is 0 Å². The van der Waals surface area contributed by atoms with E-state index in [0.717, 1.165) is 12.5 Å². The molecular weight excluding hydrogens is 254 g/mol. The molecule has 19 heavy (non-hydrogen) atoms. The molecule has 0 aromatic heterocycles. The smallest absolute Gasteiger partial charge is 0.0685 e. The molecule has 0 radical (unpaired) electrons. The molecule has 1 spiro atoms. The van der Waals surface area contributed by atoms with Crippen molar-refractivity contribution < 1.29 is 4.74 Å². The predicted molar refractivity (Wildman–Crippen MR) is 85.0 cm³/mol. The summed E-state index contributed by atoms with van der Waals surface area (Å²) in [6.45, 7) is 6.70. The first-order valence-electron chi connectivity index (χ1n) is 8.25. The van der Waals surface area contributed by atoms with Crippen molar-refractivity contribution in [3.8, 4) is 0 Å². The van der Waals surface area contributed by atoms with Gasteiger partial charge in [-0.15, -0.1) is 0 Å². The molecule has 0 aromatic carbocycles. The average Bonchev–Trinajstić information content (AvgIpc) is 2.41. The highest BCUT2D eigenvalue weighted by Crippen LogP contribution is 2.45. The number of hydrogen-bond acceptors (Lipinski definition) is 3. The van der Waals surface area contributed by atoms with Gasteiger partial charge in [0.2, 0.25) is 0 Å². The van der Waals surface area contributed by atoms with Gasteiger partial charge in [0, 0.05) is 18.4 Å². The van der Waals surface area contributed by atoms with E-state index in [0.29, 0.717) is 11.6 Å². The van der Waals surface area contributed by atoms with Gasteiger partial charge in [-0.2, -0.15) is 11.8 Å². The summed E-state index contributed by atoms with van der Waals surface area (Å²) in [5, 5.41) is 3.81. The molecule has 1 N–H and O–H groups in total. The molecule has 0 amide bonds. The molecule has 0 bridgehead atoms. The molecule has 112 valence electrons. The maximum Gasteiger partial charge on any atom is 0.0685 e. The van der Waals surface area contributed by atoms with E-state index in [9.17, 15) is 0 Å². The number of ether oxygens (including phenoxy) is 1. The highest BCUT2D eigenvalue weighted by molar-refractivity contribution is 7.99. The molecule has 1 saturated heterocycles. The molecule has 2 rings (SSSR count). The summed E-state index contributed by atoms with van der Waals surface area (Å²) < 4.78 is 6.08. The number of hydrogen-bond donors (Lipinski definition) is 1. The number of nitrogens with one attached hydrogen (secondary N) is 1. The van der Waals surface area contributed by atoms with E-state index in [4.69, 9.17) is 4.74 Å². The summed E-state index contributed by atoms with van der Waals surface area (Å²) in [5.41, 5.74) is 0.296. The van der Waals surface area contributed by atoms with E-state index in [-0.39, 0.29) is 0 Å². The van der Waals surface area contributed by atoms with Gasteiger partial charge in [0.25, 0.3) is 0 Å². The van der Waals surface area contributed by atoms with Gasteiger partial charge < -0.3 is 10.1 Å². The van der Waals surface area contributed by atoms with Crippen molar-refractivity contribution in [3.05, 3.63) is 0 Å². The molecule has 1 saturated carbocycles. The molecule has 2 aliphatic rings. The first kappa shape index (κ1) is 15.7. The zero-order valence-electron chi connectivity index (χ0n) is 12.7. The van der Waals surface area contributed by atoms with Gasteiger partial charge in [0.15, 0.2) is 0 Å². The second-order valence-corrected chi connectivity index (χ2v) is 7.42. The molecule has 1 aliphatic carbocycles. The largest absolute Gasteiger partial charge is 0.375 e. The molecule has 2 atom stereocenters. The van der Waals surface area contributed by atoms with Crippen LogP contribution in [0.5, 0.6) is 0 Å². The fourth-order valence-corrected chi connectivity index (χ4v) is 4.47. The average molecular weight is 285 g/mol. The second kappa shape index (κ2) is 7.90. The second-order valence-electron chi connectivity index (χ2n) is 6.27. The van der Waals surface area contributed by atoms with Crippen molar-refractivity contribution in [3.63, 3.8) is 0 Å². The van der Waals surface area contributed by atoms with E-state index < -0.39 is 0 Å². The molecule has 2 nitrogen and oxygen atoms in total. The first-order chi connectivity index (χ1) is 9.29. The molecule has 0 aromatic rings. The van der Waals surface area contributed by atoms with Crippen molar-refractivity contribution in [2.75, 3.05) is 24.7 Å². The van der Waals surface area contributed by atoms with Crippen molar-refractivity contribution in [1.82, 2.24) is 5.32 Å². The quantitative estimate of drug-likeness (QED) is 0.685. The van der Waals surface area contributed by atoms with Crippen LogP contribution in [0.3, 0.4) is 0 Å². The van der Waals surface area contributed by atoms with Gasteiger partial charge in [-0.25, -0.2) is 0 Å². The fourth-order valence-electron chi connectivity index (χ4n) is 3.37. The number of thioether (sulfide) groups is 1. The van der Waals surface area contributed by atoms with E-state index in [1.165, 1.54) is 63.0 Å². The first-order valence-corrected chi connectivity index (χ1v) is 9.40.